The van der Waals surface area contributed by atoms with E-state index in [2.05, 4.69) is 20.9 Å². The van der Waals surface area contributed by atoms with Crippen molar-refractivity contribution in [2.24, 2.45) is 0 Å². The molecule has 102 valence electrons. The molecule has 0 radical (unpaired) electrons. The summed E-state index contributed by atoms with van der Waals surface area (Å²) in [7, 11) is -3.86. The third kappa shape index (κ3) is 2.03. The number of nitrogens with zero attached hydrogens (tertiary/aromatic N) is 2. The van der Waals surface area contributed by atoms with Crippen LogP contribution in [0, 0.1) is 5.82 Å². The predicted octanol–water partition coefficient (Wildman–Crippen LogP) is 3.17. The van der Waals surface area contributed by atoms with Gasteiger partial charge >= 0.3 is 0 Å². The molecule has 0 fully saturated rings. The molecule has 2 heterocycles. The summed E-state index contributed by atoms with van der Waals surface area (Å²) in [6.45, 7) is 0. The number of benzene rings is 1. The Morgan fingerprint density at radius 3 is 2.60 bits per heavy atom. The number of rotatable bonds is 2. The molecule has 0 bridgehead atoms. The van der Waals surface area contributed by atoms with E-state index < -0.39 is 15.8 Å². The first-order valence-corrected chi connectivity index (χ1v) is 7.86. The average molecular weight is 355 g/mol. The van der Waals surface area contributed by atoms with Crippen molar-refractivity contribution < 1.29 is 12.8 Å². The van der Waals surface area contributed by atoms with Crippen LogP contribution < -0.4 is 0 Å². The Hall–Kier alpha value is -1.73. The Morgan fingerprint density at radius 2 is 1.90 bits per heavy atom. The lowest BCUT2D eigenvalue weighted by Crippen LogP contribution is -2.12. The Balaban J connectivity index is 2.31. The third-order valence-electron chi connectivity index (χ3n) is 2.83. The number of hydrogen-bond donors (Lipinski definition) is 0. The number of fused-ring (bicyclic) bond motifs is 1. The monoisotopic (exact) mass is 354 g/mol. The summed E-state index contributed by atoms with van der Waals surface area (Å²) in [6.07, 6.45) is 2.37. The Kier molecular flexibility index (Phi) is 3.10. The molecule has 7 heteroatoms. The highest BCUT2D eigenvalue weighted by molar-refractivity contribution is 9.10. The van der Waals surface area contributed by atoms with Gasteiger partial charge < -0.3 is 0 Å². The molecule has 0 amide bonds. The second-order valence-corrected chi connectivity index (χ2v) is 6.85. The van der Waals surface area contributed by atoms with Crippen LogP contribution in [-0.2, 0) is 10.0 Å². The Morgan fingerprint density at radius 1 is 1.20 bits per heavy atom. The molecule has 0 N–H and O–H groups in total. The van der Waals surface area contributed by atoms with Crippen LogP contribution in [0.1, 0.15) is 0 Å². The van der Waals surface area contributed by atoms with E-state index in [9.17, 15) is 12.8 Å². The van der Waals surface area contributed by atoms with Gasteiger partial charge in [0.1, 0.15) is 0 Å². The van der Waals surface area contributed by atoms with Crippen LogP contribution in [0.3, 0.4) is 0 Å². The molecule has 1 aromatic carbocycles. The van der Waals surface area contributed by atoms with Crippen molar-refractivity contribution in [1.82, 2.24) is 8.96 Å². The summed E-state index contributed by atoms with van der Waals surface area (Å²) in [5, 5.41) is 0.152. The molecule has 3 aromatic rings. The Labute approximate surface area is 123 Å². The van der Waals surface area contributed by atoms with Crippen molar-refractivity contribution >= 4 is 37.0 Å². The van der Waals surface area contributed by atoms with Crippen molar-refractivity contribution in [3.63, 3.8) is 0 Å². The SMILES string of the molecule is O=S(=O)(c1ccccc1)n1cc(F)c2cc(Br)cnc21. The molecule has 0 atom stereocenters. The lowest BCUT2D eigenvalue weighted by molar-refractivity contribution is 0.585. The van der Waals surface area contributed by atoms with Gasteiger partial charge in [-0.25, -0.2) is 21.8 Å². The first-order valence-electron chi connectivity index (χ1n) is 5.63. The van der Waals surface area contributed by atoms with Crippen LogP contribution in [-0.4, -0.2) is 17.4 Å². The van der Waals surface area contributed by atoms with E-state index >= 15 is 0 Å². The summed E-state index contributed by atoms with van der Waals surface area (Å²) in [5.41, 5.74) is 0.0644. The van der Waals surface area contributed by atoms with Gasteiger partial charge in [0.25, 0.3) is 10.0 Å². The molecule has 0 saturated heterocycles. The fourth-order valence-corrected chi connectivity index (χ4v) is 3.57. The van der Waals surface area contributed by atoms with E-state index in [-0.39, 0.29) is 15.9 Å². The first kappa shape index (κ1) is 13.3. The fraction of sp³-hybridized carbons (Fsp3) is 0. The van der Waals surface area contributed by atoms with Gasteiger partial charge in [-0.2, -0.15) is 0 Å². The molecule has 3 rings (SSSR count). The molecular weight excluding hydrogens is 347 g/mol. The second-order valence-electron chi connectivity index (χ2n) is 4.12. The van der Waals surface area contributed by atoms with Crippen LogP contribution in [0.4, 0.5) is 4.39 Å². The zero-order chi connectivity index (χ0) is 14.3. The maximum atomic E-state index is 13.9. The molecule has 4 nitrogen and oxygen atoms in total. The molecule has 0 saturated carbocycles. The van der Waals surface area contributed by atoms with Crippen molar-refractivity contribution in [1.29, 1.82) is 0 Å². The van der Waals surface area contributed by atoms with Crippen molar-refractivity contribution in [3.05, 3.63) is 59.1 Å². The summed E-state index contributed by atoms with van der Waals surface area (Å²) in [4.78, 5) is 4.08. The molecule has 0 spiro atoms. The van der Waals surface area contributed by atoms with Gasteiger partial charge in [-0.3, -0.25) is 0 Å². The van der Waals surface area contributed by atoms with Gasteiger partial charge in [-0.1, -0.05) is 18.2 Å². The minimum atomic E-state index is -3.86. The van der Waals surface area contributed by atoms with Crippen LogP contribution in [0.25, 0.3) is 11.0 Å². The smallest absolute Gasteiger partial charge is 0.236 e. The van der Waals surface area contributed by atoms with Gasteiger partial charge in [0.05, 0.1) is 16.5 Å². The van der Waals surface area contributed by atoms with Crippen molar-refractivity contribution in [2.75, 3.05) is 0 Å². The highest BCUT2D eigenvalue weighted by Crippen LogP contribution is 2.25. The van der Waals surface area contributed by atoms with Crippen LogP contribution >= 0.6 is 15.9 Å². The zero-order valence-electron chi connectivity index (χ0n) is 9.99. The molecular formula is C13H8BrFN2O2S. The first-order chi connectivity index (χ1) is 9.50. The van der Waals surface area contributed by atoms with E-state index in [1.54, 1.807) is 18.2 Å². The van der Waals surface area contributed by atoms with Crippen molar-refractivity contribution in [3.8, 4) is 0 Å². The van der Waals surface area contributed by atoms with Crippen LogP contribution in [0.5, 0.6) is 0 Å². The van der Waals surface area contributed by atoms with Crippen LogP contribution in [0.2, 0.25) is 0 Å². The number of hydrogen-bond acceptors (Lipinski definition) is 3. The summed E-state index contributed by atoms with van der Waals surface area (Å²) in [5.74, 6) is -0.631. The lowest BCUT2D eigenvalue weighted by atomic mass is 10.3. The second kappa shape index (κ2) is 4.68. The van der Waals surface area contributed by atoms with Gasteiger partial charge in [-0.15, -0.1) is 0 Å². The number of pyridine rings is 1. The number of aromatic nitrogens is 2. The standard InChI is InChI=1S/C13H8BrFN2O2S/c14-9-6-11-12(15)8-17(13(11)16-7-9)20(18,19)10-4-2-1-3-5-10/h1-8H. The average Bonchev–Trinajstić information content (AvgIpc) is 2.77. The summed E-state index contributed by atoms with van der Waals surface area (Å²) < 4.78 is 40.3. The number of halogens is 2. The van der Waals surface area contributed by atoms with E-state index in [0.29, 0.717) is 4.47 Å². The summed E-state index contributed by atoms with van der Waals surface area (Å²) >= 11 is 3.18. The topological polar surface area (TPSA) is 52.0 Å². The molecule has 2 aromatic heterocycles. The normalized spacial score (nSPS) is 11.9. The zero-order valence-corrected chi connectivity index (χ0v) is 12.4. The fourth-order valence-electron chi connectivity index (χ4n) is 1.91. The quantitative estimate of drug-likeness (QED) is 0.710. The largest absolute Gasteiger partial charge is 0.269 e. The molecule has 0 aliphatic rings. The molecule has 0 unspecified atom stereocenters. The van der Waals surface area contributed by atoms with Gasteiger partial charge in [0.2, 0.25) is 0 Å². The van der Waals surface area contributed by atoms with Gasteiger partial charge in [0.15, 0.2) is 11.5 Å². The maximum Gasteiger partial charge on any atom is 0.269 e. The molecule has 0 aliphatic heterocycles. The minimum Gasteiger partial charge on any atom is -0.236 e. The Bertz CT molecular complexity index is 891. The maximum absolute atomic E-state index is 13.9. The van der Waals surface area contributed by atoms with Gasteiger partial charge in [0, 0.05) is 10.7 Å². The summed E-state index contributed by atoms with van der Waals surface area (Å²) in [6, 6.07) is 9.34. The molecule has 20 heavy (non-hydrogen) atoms. The van der Waals surface area contributed by atoms with E-state index in [1.807, 2.05) is 0 Å². The van der Waals surface area contributed by atoms with Crippen LogP contribution in [0.15, 0.2) is 58.2 Å². The third-order valence-corrected chi connectivity index (χ3v) is 4.93. The highest BCUT2D eigenvalue weighted by atomic mass is 79.9. The molecule has 0 aliphatic carbocycles. The predicted molar refractivity (Wildman–Crippen MR) is 76.4 cm³/mol. The van der Waals surface area contributed by atoms with E-state index in [4.69, 9.17) is 0 Å². The minimum absolute atomic E-state index is 0.0644. The van der Waals surface area contributed by atoms with Crippen molar-refractivity contribution in [2.45, 2.75) is 4.90 Å². The van der Waals surface area contributed by atoms with Gasteiger partial charge in [-0.05, 0) is 34.1 Å². The van der Waals surface area contributed by atoms with E-state index in [1.165, 1.54) is 24.4 Å². The van der Waals surface area contributed by atoms with E-state index in [0.717, 1.165) is 10.2 Å². The lowest BCUT2D eigenvalue weighted by Gasteiger charge is -2.06. The highest BCUT2D eigenvalue weighted by Gasteiger charge is 2.22.